The molecule has 3 N–H and O–H groups in total. The van der Waals surface area contributed by atoms with Gasteiger partial charge in [-0.05, 0) is 31.0 Å². The van der Waals surface area contributed by atoms with Crippen LogP contribution in [0.15, 0.2) is 29.3 Å². The molecule has 0 spiro atoms. The van der Waals surface area contributed by atoms with Gasteiger partial charge >= 0.3 is 5.97 Å². The lowest BCUT2D eigenvalue weighted by Gasteiger charge is -2.30. The number of aliphatic imine (C=N–C) groups is 1. The van der Waals surface area contributed by atoms with E-state index in [1.54, 1.807) is 11.8 Å². The number of benzene rings is 1. The van der Waals surface area contributed by atoms with Crippen LogP contribution in [-0.4, -0.2) is 28.9 Å². The van der Waals surface area contributed by atoms with Crippen LogP contribution >= 0.6 is 11.8 Å². The topological polar surface area (TPSA) is 93.8 Å². The molecule has 0 aliphatic carbocycles. The Labute approximate surface area is 138 Å². The third-order valence-electron chi connectivity index (χ3n) is 4.12. The zero-order valence-corrected chi connectivity index (χ0v) is 13.7. The van der Waals surface area contributed by atoms with Crippen LogP contribution in [0.3, 0.4) is 0 Å². The Balaban J connectivity index is 1.76. The quantitative estimate of drug-likeness (QED) is 0.825. The van der Waals surface area contributed by atoms with Crippen LogP contribution < -0.4 is 11.1 Å². The highest BCUT2D eigenvalue weighted by Gasteiger charge is 2.31. The molecule has 1 aromatic rings. The van der Waals surface area contributed by atoms with E-state index in [-0.39, 0.29) is 17.4 Å². The number of thioether (sulfide) groups is 1. The van der Waals surface area contributed by atoms with E-state index in [1.807, 2.05) is 31.2 Å². The largest absolute Gasteiger partial charge is 0.452 e. The van der Waals surface area contributed by atoms with E-state index in [2.05, 4.69) is 10.3 Å². The number of amides is 1. The number of hydrogen-bond donors (Lipinski definition) is 2. The molecule has 0 radical (unpaired) electrons. The molecule has 3 rings (SSSR count). The second-order valence-electron chi connectivity index (χ2n) is 5.91. The van der Waals surface area contributed by atoms with Crippen LogP contribution in [0.25, 0.3) is 0 Å². The predicted octanol–water partition coefficient (Wildman–Crippen LogP) is 2.00. The molecule has 0 saturated carbocycles. The van der Waals surface area contributed by atoms with Gasteiger partial charge in [-0.1, -0.05) is 23.9 Å². The summed E-state index contributed by atoms with van der Waals surface area (Å²) in [5.74, 6) is 0.303. The molecule has 23 heavy (non-hydrogen) atoms. The molecule has 0 bridgehead atoms. The monoisotopic (exact) mass is 333 g/mol. The number of carbonyl (C=O) groups is 2. The van der Waals surface area contributed by atoms with Gasteiger partial charge < -0.3 is 15.8 Å². The van der Waals surface area contributed by atoms with Crippen LogP contribution in [0, 0.1) is 0 Å². The summed E-state index contributed by atoms with van der Waals surface area (Å²) in [7, 11) is 0. The van der Waals surface area contributed by atoms with Crippen LogP contribution in [0.4, 0.5) is 5.69 Å². The molecule has 1 fully saturated rings. The number of esters is 1. The Morgan fingerprint density at radius 3 is 3.04 bits per heavy atom. The van der Waals surface area contributed by atoms with Crippen LogP contribution in [0.1, 0.15) is 31.7 Å². The fourth-order valence-electron chi connectivity index (χ4n) is 2.76. The van der Waals surface area contributed by atoms with Gasteiger partial charge in [-0.2, -0.15) is 0 Å². The van der Waals surface area contributed by atoms with E-state index in [4.69, 9.17) is 10.5 Å². The predicted molar refractivity (Wildman–Crippen MR) is 90.2 cm³/mol. The Bertz CT molecular complexity index is 676. The number of nitrogens with one attached hydrogen (secondary N) is 1. The lowest BCUT2D eigenvalue weighted by atomic mass is 9.89. The molecular weight excluding hydrogens is 314 g/mol. The molecule has 2 aliphatic rings. The molecule has 1 amide bonds. The molecule has 6 nitrogen and oxygen atoms in total. The molecule has 1 saturated heterocycles. The Morgan fingerprint density at radius 2 is 2.35 bits per heavy atom. The maximum absolute atomic E-state index is 12.1. The van der Waals surface area contributed by atoms with Gasteiger partial charge in [0.15, 0.2) is 11.3 Å². The van der Waals surface area contributed by atoms with E-state index >= 15 is 0 Å². The first-order valence-corrected chi connectivity index (χ1v) is 8.54. The number of nitrogens with zero attached hydrogens (tertiary/aromatic N) is 1. The Kier molecular flexibility index (Phi) is 4.30. The van der Waals surface area contributed by atoms with Crippen molar-refractivity contribution in [3.8, 4) is 0 Å². The number of carbonyl (C=O) groups excluding carboxylic acids is 2. The van der Waals surface area contributed by atoms with Crippen molar-refractivity contribution in [2.45, 2.75) is 37.8 Å². The number of anilines is 1. The zero-order chi connectivity index (χ0) is 16.4. The van der Waals surface area contributed by atoms with Gasteiger partial charge in [-0.25, -0.2) is 0 Å². The highest BCUT2D eigenvalue weighted by molar-refractivity contribution is 8.13. The average Bonchev–Trinajstić information content (AvgIpc) is 2.94. The van der Waals surface area contributed by atoms with Gasteiger partial charge in [0.05, 0.1) is 5.54 Å². The first-order valence-electron chi connectivity index (χ1n) is 7.55. The summed E-state index contributed by atoms with van der Waals surface area (Å²) in [5.41, 5.74) is 7.15. The number of amidine groups is 1. The highest BCUT2D eigenvalue weighted by atomic mass is 32.2. The summed E-state index contributed by atoms with van der Waals surface area (Å²) in [6, 6.07) is 7.58. The van der Waals surface area contributed by atoms with Gasteiger partial charge in [0, 0.05) is 24.3 Å². The minimum atomic E-state index is -0.693. The fraction of sp³-hybridized carbons (Fsp3) is 0.438. The zero-order valence-electron chi connectivity index (χ0n) is 12.9. The lowest BCUT2D eigenvalue weighted by Crippen LogP contribution is -2.29. The van der Waals surface area contributed by atoms with Crippen molar-refractivity contribution in [3.63, 3.8) is 0 Å². The maximum Gasteiger partial charge on any atom is 0.306 e. The molecule has 0 unspecified atom stereocenters. The van der Waals surface area contributed by atoms with E-state index in [0.717, 1.165) is 17.7 Å². The van der Waals surface area contributed by atoms with Crippen molar-refractivity contribution >= 4 is 34.5 Å². The summed E-state index contributed by atoms with van der Waals surface area (Å²) in [4.78, 5) is 27.8. The third kappa shape index (κ3) is 3.50. The van der Waals surface area contributed by atoms with Crippen molar-refractivity contribution in [3.05, 3.63) is 29.8 Å². The van der Waals surface area contributed by atoms with Gasteiger partial charge in [-0.15, -0.1) is 0 Å². The average molecular weight is 333 g/mol. The van der Waals surface area contributed by atoms with Crippen LogP contribution in [-0.2, 0) is 19.9 Å². The maximum atomic E-state index is 12.1. The Morgan fingerprint density at radius 1 is 1.52 bits per heavy atom. The number of nitrogens with two attached hydrogens (primary N) is 1. The second kappa shape index (κ2) is 6.23. The van der Waals surface area contributed by atoms with Crippen molar-refractivity contribution in [2.24, 2.45) is 10.7 Å². The van der Waals surface area contributed by atoms with E-state index in [9.17, 15) is 9.59 Å². The van der Waals surface area contributed by atoms with Gasteiger partial charge in [-0.3, -0.25) is 14.6 Å². The number of ether oxygens (including phenoxy) is 1. The normalized spacial score (nSPS) is 27.3. The van der Waals surface area contributed by atoms with Crippen molar-refractivity contribution < 1.29 is 14.3 Å². The van der Waals surface area contributed by atoms with Crippen LogP contribution in [0.5, 0.6) is 0 Å². The molecule has 2 atom stereocenters. The summed E-state index contributed by atoms with van der Waals surface area (Å²) in [5, 5.41) is 3.40. The summed E-state index contributed by atoms with van der Waals surface area (Å²) in [6.07, 6.45) is 0.916. The summed E-state index contributed by atoms with van der Waals surface area (Å²) >= 11 is 1.56. The van der Waals surface area contributed by atoms with E-state index < -0.39 is 6.10 Å². The van der Waals surface area contributed by atoms with Crippen molar-refractivity contribution in [1.29, 1.82) is 0 Å². The van der Waals surface area contributed by atoms with Crippen LogP contribution in [0.2, 0.25) is 0 Å². The van der Waals surface area contributed by atoms with Gasteiger partial charge in [0.1, 0.15) is 0 Å². The second-order valence-corrected chi connectivity index (χ2v) is 7.02. The first kappa shape index (κ1) is 15.9. The van der Waals surface area contributed by atoms with E-state index in [1.165, 1.54) is 0 Å². The smallest absolute Gasteiger partial charge is 0.306 e. The molecule has 122 valence electrons. The van der Waals surface area contributed by atoms with Gasteiger partial charge in [0.25, 0.3) is 5.91 Å². The highest BCUT2D eigenvalue weighted by Crippen LogP contribution is 2.35. The minimum Gasteiger partial charge on any atom is -0.452 e. The molecule has 2 heterocycles. The SMILES string of the molecule is C[C@@]1(c2cccc(NC(=O)[C@@H]3CCC(=O)O3)c2)CCSC(N)=N1. The molecule has 0 aromatic heterocycles. The van der Waals surface area contributed by atoms with E-state index in [0.29, 0.717) is 23.7 Å². The third-order valence-corrected chi connectivity index (χ3v) is 4.92. The molecular formula is C16H19N3O3S. The van der Waals surface area contributed by atoms with Gasteiger partial charge in [0.2, 0.25) is 0 Å². The molecule has 7 heteroatoms. The fourth-order valence-corrected chi connectivity index (χ4v) is 3.73. The lowest BCUT2D eigenvalue weighted by molar-refractivity contribution is -0.146. The number of hydrogen-bond acceptors (Lipinski definition) is 6. The number of rotatable bonds is 3. The minimum absolute atomic E-state index is 0.291. The summed E-state index contributed by atoms with van der Waals surface area (Å²) < 4.78 is 4.98. The summed E-state index contributed by atoms with van der Waals surface area (Å²) in [6.45, 7) is 2.04. The standard InChI is InChI=1S/C16H19N3O3S/c1-16(7-8-23-15(17)19-16)10-3-2-4-11(9-10)18-14(21)12-5-6-13(20)22-12/h2-4,9,12H,5-8H2,1H3,(H2,17,19)(H,18,21)/t12-,16-/m0/s1. The number of cyclic esters (lactones) is 1. The molecule has 2 aliphatic heterocycles. The Hall–Kier alpha value is -2.02. The molecule has 1 aromatic carbocycles. The van der Waals surface area contributed by atoms with Crippen molar-refractivity contribution in [1.82, 2.24) is 0 Å². The van der Waals surface area contributed by atoms with Crippen molar-refractivity contribution in [2.75, 3.05) is 11.1 Å². The first-order chi connectivity index (χ1) is 11.0.